The Balaban J connectivity index is 1.98. The van der Waals surface area contributed by atoms with Gasteiger partial charge in [-0.1, -0.05) is 31.5 Å². The van der Waals surface area contributed by atoms with E-state index in [0.717, 1.165) is 12.0 Å². The number of carbonyl (C=O) groups is 1. The van der Waals surface area contributed by atoms with Crippen LogP contribution in [0, 0.1) is 13.8 Å². The van der Waals surface area contributed by atoms with Crippen LogP contribution >= 0.6 is 0 Å². The van der Waals surface area contributed by atoms with E-state index >= 15 is 0 Å². The van der Waals surface area contributed by atoms with Gasteiger partial charge in [0.15, 0.2) is 0 Å². The second-order valence-electron chi connectivity index (χ2n) is 6.16. The highest BCUT2D eigenvalue weighted by molar-refractivity contribution is 6.04. The maximum Gasteiger partial charge on any atom is 0.257 e. The number of aromatic nitrogens is 4. The van der Waals surface area contributed by atoms with Crippen LogP contribution in [0.5, 0.6) is 0 Å². The molecule has 0 saturated heterocycles. The minimum atomic E-state index is -0.247. The Labute approximate surface area is 151 Å². The summed E-state index contributed by atoms with van der Waals surface area (Å²) in [6.07, 6.45) is 1.58. The molecule has 134 valence electrons. The minimum Gasteiger partial charge on any atom is -0.306 e. The van der Waals surface area contributed by atoms with E-state index in [9.17, 15) is 9.59 Å². The standard InChI is InChI=1S/C19H21N5O2/c1-4-7-14-11-17(25)22-19(20-14)24-16(10-13(3)23-24)21-18(26)15-9-6-5-8-12(15)2/h5-6,8-11H,4,7H2,1-3H3,(H,21,26)(H,20,22,25). The van der Waals surface area contributed by atoms with Gasteiger partial charge < -0.3 is 5.32 Å². The van der Waals surface area contributed by atoms with Crippen LogP contribution in [-0.2, 0) is 6.42 Å². The van der Waals surface area contributed by atoms with E-state index in [2.05, 4.69) is 20.4 Å². The molecule has 2 N–H and O–H groups in total. The van der Waals surface area contributed by atoms with Crippen LogP contribution in [0.3, 0.4) is 0 Å². The van der Waals surface area contributed by atoms with Gasteiger partial charge in [-0.15, -0.1) is 0 Å². The Hall–Kier alpha value is -3.22. The number of nitrogens with one attached hydrogen (secondary N) is 2. The summed E-state index contributed by atoms with van der Waals surface area (Å²) in [5, 5.41) is 7.22. The summed E-state index contributed by atoms with van der Waals surface area (Å²) >= 11 is 0. The second-order valence-corrected chi connectivity index (χ2v) is 6.16. The monoisotopic (exact) mass is 351 g/mol. The Morgan fingerprint density at radius 2 is 2.00 bits per heavy atom. The number of aryl methyl sites for hydroxylation is 3. The summed E-state index contributed by atoms with van der Waals surface area (Å²) in [4.78, 5) is 31.7. The summed E-state index contributed by atoms with van der Waals surface area (Å²) in [6, 6.07) is 10.6. The number of aromatic amines is 1. The lowest BCUT2D eigenvalue weighted by Gasteiger charge is -2.10. The molecule has 0 atom stereocenters. The fraction of sp³-hybridized carbons (Fsp3) is 0.263. The molecule has 2 aromatic heterocycles. The molecule has 7 nitrogen and oxygen atoms in total. The van der Waals surface area contributed by atoms with Gasteiger partial charge >= 0.3 is 0 Å². The van der Waals surface area contributed by atoms with Gasteiger partial charge in [-0.2, -0.15) is 9.78 Å². The number of nitrogens with zero attached hydrogens (tertiary/aromatic N) is 3. The number of amides is 1. The lowest BCUT2D eigenvalue weighted by Crippen LogP contribution is -2.19. The van der Waals surface area contributed by atoms with Crippen LogP contribution < -0.4 is 10.9 Å². The third-order valence-corrected chi connectivity index (χ3v) is 3.95. The van der Waals surface area contributed by atoms with Crippen LogP contribution in [0.15, 0.2) is 41.2 Å². The molecule has 2 heterocycles. The zero-order valence-electron chi connectivity index (χ0n) is 15.0. The van der Waals surface area contributed by atoms with Crippen molar-refractivity contribution in [1.82, 2.24) is 19.7 Å². The van der Waals surface area contributed by atoms with Gasteiger partial charge in [-0.25, -0.2) is 4.98 Å². The maximum absolute atomic E-state index is 12.6. The molecular formula is C19H21N5O2. The van der Waals surface area contributed by atoms with E-state index in [-0.39, 0.29) is 17.4 Å². The van der Waals surface area contributed by atoms with Gasteiger partial charge in [-0.3, -0.25) is 14.6 Å². The molecule has 0 radical (unpaired) electrons. The van der Waals surface area contributed by atoms with Crippen LogP contribution in [0.2, 0.25) is 0 Å². The van der Waals surface area contributed by atoms with Crippen LogP contribution in [-0.4, -0.2) is 25.7 Å². The Morgan fingerprint density at radius 1 is 1.23 bits per heavy atom. The largest absolute Gasteiger partial charge is 0.306 e. The number of benzene rings is 1. The highest BCUT2D eigenvalue weighted by atomic mass is 16.2. The molecule has 0 saturated carbocycles. The molecule has 3 aromatic rings. The first-order chi connectivity index (χ1) is 12.5. The number of rotatable bonds is 5. The maximum atomic E-state index is 12.6. The molecule has 0 aliphatic heterocycles. The number of anilines is 1. The van der Waals surface area contributed by atoms with Crippen molar-refractivity contribution >= 4 is 11.7 Å². The van der Waals surface area contributed by atoms with Crippen LogP contribution in [0.1, 0.15) is 40.7 Å². The highest BCUT2D eigenvalue weighted by Gasteiger charge is 2.15. The van der Waals surface area contributed by atoms with Crippen LogP contribution in [0.4, 0.5) is 5.82 Å². The predicted octanol–water partition coefficient (Wildman–Crippen LogP) is 2.78. The third-order valence-electron chi connectivity index (χ3n) is 3.95. The normalized spacial score (nSPS) is 10.7. The molecule has 0 aliphatic rings. The molecule has 0 bridgehead atoms. The molecule has 3 rings (SSSR count). The molecule has 0 spiro atoms. The summed E-state index contributed by atoms with van der Waals surface area (Å²) in [7, 11) is 0. The van der Waals surface area contributed by atoms with Gasteiger partial charge in [0.2, 0.25) is 5.95 Å². The van der Waals surface area contributed by atoms with Crippen molar-refractivity contribution in [2.45, 2.75) is 33.6 Å². The smallest absolute Gasteiger partial charge is 0.257 e. The van der Waals surface area contributed by atoms with Gasteiger partial charge in [0.25, 0.3) is 11.5 Å². The first-order valence-corrected chi connectivity index (χ1v) is 8.52. The zero-order chi connectivity index (χ0) is 18.7. The molecule has 1 amide bonds. The first kappa shape index (κ1) is 17.6. The van der Waals surface area contributed by atoms with Crippen molar-refractivity contribution in [3.63, 3.8) is 0 Å². The zero-order valence-corrected chi connectivity index (χ0v) is 15.0. The predicted molar refractivity (Wildman–Crippen MR) is 99.8 cm³/mol. The SMILES string of the molecule is CCCc1cc(=O)[nH]c(-n2nc(C)cc2NC(=O)c2ccccc2C)n1. The third kappa shape index (κ3) is 3.72. The number of H-pyrrole nitrogens is 1. The topological polar surface area (TPSA) is 92.7 Å². The van der Waals surface area contributed by atoms with Crippen molar-refractivity contribution in [3.05, 3.63) is 69.3 Å². The Bertz CT molecular complexity index is 1000. The quantitative estimate of drug-likeness (QED) is 0.739. The van der Waals surface area contributed by atoms with E-state index in [1.54, 1.807) is 12.1 Å². The van der Waals surface area contributed by atoms with Gasteiger partial charge in [0.05, 0.1) is 5.69 Å². The molecule has 7 heteroatoms. The summed E-state index contributed by atoms with van der Waals surface area (Å²) in [5.74, 6) is 0.498. The average molecular weight is 351 g/mol. The summed E-state index contributed by atoms with van der Waals surface area (Å²) in [5.41, 5.74) is 2.61. The number of hydrogen-bond donors (Lipinski definition) is 2. The molecule has 26 heavy (non-hydrogen) atoms. The lowest BCUT2D eigenvalue weighted by molar-refractivity contribution is 0.102. The minimum absolute atomic E-state index is 0.240. The number of hydrogen-bond acceptors (Lipinski definition) is 4. The molecule has 0 unspecified atom stereocenters. The van der Waals surface area contributed by atoms with E-state index in [0.29, 0.717) is 29.2 Å². The average Bonchev–Trinajstić information content (AvgIpc) is 2.95. The van der Waals surface area contributed by atoms with Gasteiger partial charge in [0, 0.05) is 23.4 Å². The molecule has 1 aromatic carbocycles. The Kier molecular flexibility index (Phi) is 4.97. The van der Waals surface area contributed by atoms with E-state index < -0.39 is 0 Å². The van der Waals surface area contributed by atoms with Crippen molar-refractivity contribution in [1.29, 1.82) is 0 Å². The Morgan fingerprint density at radius 3 is 2.73 bits per heavy atom. The van der Waals surface area contributed by atoms with Crippen molar-refractivity contribution in [2.24, 2.45) is 0 Å². The molecular weight excluding hydrogens is 330 g/mol. The number of carbonyl (C=O) groups excluding carboxylic acids is 1. The highest BCUT2D eigenvalue weighted by Crippen LogP contribution is 2.16. The van der Waals surface area contributed by atoms with Crippen molar-refractivity contribution < 1.29 is 4.79 Å². The van der Waals surface area contributed by atoms with Crippen molar-refractivity contribution in [2.75, 3.05) is 5.32 Å². The summed E-state index contributed by atoms with van der Waals surface area (Å²) < 4.78 is 1.45. The fourth-order valence-corrected chi connectivity index (χ4v) is 2.74. The van der Waals surface area contributed by atoms with Gasteiger partial charge in [0.1, 0.15) is 5.82 Å². The molecule has 0 fully saturated rings. The first-order valence-electron chi connectivity index (χ1n) is 8.52. The van der Waals surface area contributed by atoms with E-state index in [4.69, 9.17) is 0 Å². The van der Waals surface area contributed by atoms with E-state index in [1.165, 1.54) is 10.7 Å². The fourth-order valence-electron chi connectivity index (χ4n) is 2.74. The second kappa shape index (κ2) is 7.35. The van der Waals surface area contributed by atoms with Crippen LogP contribution in [0.25, 0.3) is 5.95 Å². The van der Waals surface area contributed by atoms with Gasteiger partial charge in [-0.05, 0) is 31.9 Å². The molecule has 0 aliphatic carbocycles. The van der Waals surface area contributed by atoms with E-state index in [1.807, 2.05) is 39.0 Å². The lowest BCUT2D eigenvalue weighted by atomic mass is 10.1. The van der Waals surface area contributed by atoms with Crippen molar-refractivity contribution in [3.8, 4) is 5.95 Å². The summed E-state index contributed by atoms with van der Waals surface area (Å²) in [6.45, 7) is 5.72.